The number of halogens is 1. The van der Waals surface area contributed by atoms with Crippen LogP contribution in [-0.4, -0.2) is 25.6 Å². The van der Waals surface area contributed by atoms with Gasteiger partial charge in [0.15, 0.2) is 0 Å². The van der Waals surface area contributed by atoms with E-state index < -0.39 is 0 Å². The quantitative estimate of drug-likeness (QED) is 0.826. The number of thioether (sulfide) groups is 1. The second-order valence-electron chi connectivity index (χ2n) is 4.00. The molecule has 0 aliphatic heterocycles. The Labute approximate surface area is 112 Å². The largest absolute Gasteiger partial charge is 0.319 e. The summed E-state index contributed by atoms with van der Waals surface area (Å²) >= 11 is 5.55. The molecule has 3 heteroatoms. The van der Waals surface area contributed by atoms with Crippen LogP contribution in [-0.2, 0) is 6.42 Å². The summed E-state index contributed by atoms with van der Waals surface area (Å²) in [5.74, 6) is 1.98. The minimum Gasteiger partial charge on any atom is -0.319 e. The Bertz CT molecular complexity index is 304. The van der Waals surface area contributed by atoms with Crippen LogP contribution in [0.4, 0.5) is 0 Å². The summed E-state index contributed by atoms with van der Waals surface area (Å²) in [4.78, 5) is 0. The first-order valence-corrected chi connectivity index (χ1v) is 7.83. The molecule has 0 saturated carbocycles. The van der Waals surface area contributed by atoms with E-state index in [0.717, 1.165) is 18.9 Å². The highest BCUT2D eigenvalue weighted by Crippen LogP contribution is 2.21. The van der Waals surface area contributed by atoms with Crippen LogP contribution in [0.2, 0.25) is 0 Å². The smallest absolute Gasteiger partial charge is 0.0207 e. The predicted molar refractivity (Wildman–Crippen MR) is 78.3 cm³/mol. The van der Waals surface area contributed by atoms with Gasteiger partial charge in [-0.25, -0.2) is 0 Å². The third-order valence-electron chi connectivity index (χ3n) is 2.69. The lowest BCUT2D eigenvalue weighted by atomic mass is 9.97. The van der Waals surface area contributed by atoms with E-state index in [1.165, 1.54) is 22.2 Å². The fourth-order valence-corrected chi connectivity index (χ4v) is 2.84. The number of hydrogen-bond acceptors (Lipinski definition) is 2. The van der Waals surface area contributed by atoms with Gasteiger partial charge in [0.1, 0.15) is 0 Å². The maximum atomic E-state index is 3.62. The molecule has 0 amide bonds. The molecule has 16 heavy (non-hydrogen) atoms. The Morgan fingerprint density at radius 3 is 2.75 bits per heavy atom. The van der Waals surface area contributed by atoms with E-state index in [-0.39, 0.29) is 0 Å². The Morgan fingerprint density at radius 1 is 1.38 bits per heavy atom. The molecular formula is C13H20BrNS. The van der Waals surface area contributed by atoms with Crippen LogP contribution in [0, 0.1) is 5.92 Å². The molecule has 0 bridgehead atoms. The molecule has 0 saturated heterocycles. The van der Waals surface area contributed by atoms with Gasteiger partial charge in [0.2, 0.25) is 0 Å². The van der Waals surface area contributed by atoms with Crippen molar-refractivity contribution in [1.29, 1.82) is 0 Å². The SMILES string of the molecule is CNCC(CCSC)Cc1ccccc1Br. The van der Waals surface area contributed by atoms with E-state index in [1.54, 1.807) is 0 Å². The van der Waals surface area contributed by atoms with Crippen molar-refractivity contribution in [3.05, 3.63) is 34.3 Å². The van der Waals surface area contributed by atoms with Crippen LogP contribution in [0.5, 0.6) is 0 Å². The zero-order valence-corrected chi connectivity index (χ0v) is 12.4. The van der Waals surface area contributed by atoms with Gasteiger partial charge in [-0.2, -0.15) is 11.8 Å². The van der Waals surface area contributed by atoms with Gasteiger partial charge in [-0.1, -0.05) is 34.1 Å². The second-order valence-corrected chi connectivity index (χ2v) is 5.84. The van der Waals surface area contributed by atoms with Gasteiger partial charge in [0.05, 0.1) is 0 Å². The third-order valence-corrected chi connectivity index (χ3v) is 4.11. The summed E-state index contributed by atoms with van der Waals surface area (Å²) < 4.78 is 1.24. The van der Waals surface area contributed by atoms with Crippen molar-refractivity contribution < 1.29 is 0 Å². The highest BCUT2D eigenvalue weighted by molar-refractivity contribution is 9.10. The maximum absolute atomic E-state index is 3.62. The molecule has 90 valence electrons. The molecule has 1 rings (SSSR count). The lowest BCUT2D eigenvalue weighted by molar-refractivity contribution is 0.484. The van der Waals surface area contributed by atoms with Crippen molar-refractivity contribution in [3.63, 3.8) is 0 Å². The molecule has 0 spiro atoms. The average molecular weight is 302 g/mol. The van der Waals surface area contributed by atoms with Crippen molar-refractivity contribution in [3.8, 4) is 0 Å². The summed E-state index contributed by atoms with van der Waals surface area (Å²) in [6.07, 6.45) is 4.61. The van der Waals surface area contributed by atoms with E-state index in [1.807, 2.05) is 18.8 Å². The molecule has 1 aromatic rings. The maximum Gasteiger partial charge on any atom is 0.0207 e. The van der Waals surface area contributed by atoms with Crippen LogP contribution in [0.15, 0.2) is 28.7 Å². The van der Waals surface area contributed by atoms with Crippen LogP contribution >= 0.6 is 27.7 Å². The normalized spacial score (nSPS) is 12.7. The minimum absolute atomic E-state index is 0.733. The van der Waals surface area contributed by atoms with Crippen molar-refractivity contribution in [1.82, 2.24) is 5.32 Å². The predicted octanol–water partition coefficient (Wildman–Crippen LogP) is 3.58. The van der Waals surface area contributed by atoms with Gasteiger partial charge in [0, 0.05) is 4.47 Å². The molecule has 1 atom stereocenters. The Kier molecular flexibility index (Phi) is 7.17. The average Bonchev–Trinajstić information content (AvgIpc) is 2.29. The fourth-order valence-electron chi connectivity index (χ4n) is 1.82. The molecule has 0 fully saturated rings. The summed E-state index contributed by atoms with van der Waals surface area (Å²) in [5, 5.41) is 3.29. The minimum atomic E-state index is 0.733. The summed E-state index contributed by atoms with van der Waals surface area (Å²) in [7, 11) is 2.03. The first kappa shape index (κ1) is 14.1. The van der Waals surface area contributed by atoms with Crippen LogP contribution in [0.1, 0.15) is 12.0 Å². The van der Waals surface area contributed by atoms with Gasteiger partial charge in [-0.15, -0.1) is 0 Å². The van der Waals surface area contributed by atoms with Crippen molar-refractivity contribution in [2.75, 3.05) is 25.6 Å². The molecule has 1 N–H and O–H groups in total. The van der Waals surface area contributed by atoms with Gasteiger partial charge < -0.3 is 5.32 Å². The molecule has 1 aromatic carbocycles. The number of nitrogens with one attached hydrogen (secondary N) is 1. The summed E-state index contributed by atoms with van der Waals surface area (Å²) in [5.41, 5.74) is 1.42. The van der Waals surface area contributed by atoms with Crippen LogP contribution in [0.3, 0.4) is 0 Å². The number of benzene rings is 1. The molecule has 0 radical (unpaired) electrons. The molecule has 0 aliphatic rings. The van der Waals surface area contributed by atoms with E-state index in [4.69, 9.17) is 0 Å². The summed E-state index contributed by atoms with van der Waals surface area (Å²) in [6.45, 7) is 1.10. The Morgan fingerprint density at radius 2 is 2.12 bits per heavy atom. The van der Waals surface area contributed by atoms with Crippen LogP contribution in [0.25, 0.3) is 0 Å². The van der Waals surface area contributed by atoms with Crippen LogP contribution < -0.4 is 5.32 Å². The molecular weight excluding hydrogens is 282 g/mol. The standard InChI is InChI=1S/C13H20BrNS/c1-15-10-11(7-8-16-2)9-12-5-3-4-6-13(12)14/h3-6,11,15H,7-10H2,1-2H3. The van der Waals surface area contributed by atoms with E-state index in [0.29, 0.717) is 0 Å². The van der Waals surface area contributed by atoms with E-state index >= 15 is 0 Å². The lowest BCUT2D eigenvalue weighted by Gasteiger charge is -2.16. The summed E-state index contributed by atoms with van der Waals surface area (Å²) in [6, 6.07) is 8.53. The van der Waals surface area contributed by atoms with Gasteiger partial charge in [0.25, 0.3) is 0 Å². The van der Waals surface area contributed by atoms with Crippen molar-refractivity contribution in [2.24, 2.45) is 5.92 Å². The van der Waals surface area contributed by atoms with Crippen molar-refractivity contribution in [2.45, 2.75) is 12.8 Å². The fraction of sp³-hybridized carbons (Fsp3) is 0.538. The zero-order chi connectivity index (χ0) is 11.8. The van der Waals surface area contributed by atoms with E-state index in [2.05, 4.69) is 51.8 Å². The first-order chi connectivity index (χ1) is 7.77. The van der Waals surface area contributed by atoms with Crippen molar-refractivity contribution >= 4 is 27.7 Å². The second kappa shape index (κ2) is 8.15. The van der Waals surface area contributed by atoms with Gasteiger partial charge in [-0.05, 0) is 56.0 Å². The number of rotatable bonds is 7. The Hall–Kier alpha value is 0.01000. The highest BCUT2D eigenvalue weighted by Gasteiger charge is 2.10. The number of hydrogen-bond donors (Lipinski definition) is 1. The monoisotopic (exact) mass is 301 g/mol. The molecule has 0 heterocycles. The topological polar surface area (TPSA) is 12.0 Å². The van der Waals surface area contributed by atoms with Gasteiger partial charge >= 0.3 is 0 Å². The Balaban J connectivity index is 2.56. The third kappa shape index (κ3) is 4.89. The molecule has 0 aliphatic carbocycles. The molecule has 1 nitrogen and oxygen atoms in total. The lowest BCUT2D eigenvalue weighted by Crippen LogP contribution is -2.21. The first-order valence-electron chi connectivity index (χ1n) is 5.65. The highest BCUT2D eigenvalue weighted by atomic mass is 79.9. The van der Waals surface area contributed by atoms with Gasteiger partial charge in [-0.3, -0.25) is 0 Å². The van der Waals surface area contributed by atoms with E-state index in [9.17, 15) is 0 Å². The zero-order valence-electron chi connectivity index (χ0n) is 10.0. The molecule has 1 unspecified atom stereocenters. The molecule has 0 aromatic heterocycles.